The number of allylic oxidation sites excluding steroid dienone is 4. The predicted molar refractivity (Wildman–Crippen MR) is 51.1 cm³/mol. The largest absolute Gasteiger partial charge is 0.142 e. The number of hydrogen-bond donors (Lipinski definition) is 0. The van der Waals surface area contributed by atoms with Crippen molar-refractivity contribution in [3.8, 4) is 0 Å². The molecule has 0 nitrogen and oxygen atoms in total. The van der Waals surface area contributed by atoms with Gasteiger partial charge in [-0.15, -0.1) is 0 Å². The third-order valence-corrected chi connectivity index (χ3v) is 2.68. The van der Waals surface area contributed by atoms with E-state index in [1.807, 2.05) is 18.2 Å². The van der Waals surface area contributed by atoms with Gasteiger partial charge in [-0.1, -0.05) is 54.8 Å². The van der Waals surface area contributed by atoms with Crippen molar-refractivity contribution in [3.63, 3.8) is 0 Å². The van der Waals surface area contributed by atoms with Crippen LogP contribution in [0, 0.1) is 5.92 Å². The minimum atomic E-state index is -0.676. The van der Waals surface area contributed by atoms with Crippen LogP contribution < -0.4 is 0 Å². The van der Waals surface area contributed by atoms with Crippen LogP contribution in [0.25, 0.3) is 0 Å². The summed E-state index contributed by atoms with van der Waals surface area (Å²) in [5.74, 6) is 0.279. The zero-order valence-electron chi connectivity index (χ0n) is 6.56. The van der Waals surface area contributed by atoms with Gasteiger partial charge in [-0.3, -0.25) is 0 Å². The predicted octanol–water partition coefficient (Wildman–Crippen LogP) is 3.70. The second-order valence-corrected chi connectivity index (χ2v) is 4.26. The van der Waals surface area contributed by atoms with Crippen LogP contribution in [0.3, 0.4) is 0 Å². The summed E-state index contributed by atoms with van der Waals surface area (Å²) < 4.78 is -0.676. The molecule has 0 bridgehead atoms. The Labute approximate surface area is 77.9 Å². The summed E-state index contributed by atoms with van der Waals surface area (Å²) in [5.41, 5.74) is 0. The number of halogens is 2. The molecular formula is C9H12Cl2. The quantitative estimate of drug-likeness (QED) is 0.583. The molecule has 1 aliphatic rings. The van der Waals surface area contributed by atoms with Crippen molar-refractivity contribution in [1.82, 2.24) is 0 Å². The van der Waals surface area contributed by atoms with E-state index in [1.165, 1.54) is 0 Å². The first-order chi connectivity index (χ1) is 5.17. The molecule has 0 amide bonds. The molecule has 0 saturated carbocycles. The van der Waals surface area contributed by atoms with Gasteiger partial charge in [0.2, 0.25) is 0 Å². The maximum absolute atomic E-state index is 6.04. The SMILES string of the molecule is CCCC1C=CC=CC1(Cl)Cl. The topological polar surface area (TPSA) is 0 Å². The number of hydrogen-bond acceptors (Lipinski definition) is 0. The average Bonchev–Trinajstić information content (AvgIpc) is 1.94. The average molecular weight is 191 g/mol. The molecule has 62 valence electrons. The van der Waals surface area contributed by atoms with E-state index in [4.69, 9.17) is 23.2 Å². The van der Waals surface area contributed by atoms with Crippen LogP contribution >= 0.6 is 23.2 Å². The smallest absolute Gasteiger partial charge is 0.0963 e. The summed E-state index contributed by atoms with van der Waals surface area (Å²) in [6, 6.07) is 0. The Hall–Kier alpha value is 0.0600. The van der Waals surface area contributed by atoms with Crippen molar-refractivity contribution in [3.05, 3.63) is 24.3 Å². The van der Waals surface area contributed by atoms with E-state index in [0.29, 0.717) is 0 Å². The molecule has 0 N–H and O–H groups in total. The van der Waals surface area contributed by atoms with Crippen molar-refractivity contribution < 1.29 is 0 Å². The lowest BCUT2D eigenvalue weighted by Gasteiger charge is -2.26. The van der Waals surface area contributed by atoms with Crippen LogP contribution in [-0.4, -0.2) is 4.33 Å². The number of rotatable bonds is 2. The van der Waals surface area contributed by atoms with E-state index in [-0.39, 0.29) is 5.92 Å². The zero-order valence-corrected chi connectivity index (χ0v) is 8.07. The monoisotopic (exact) mass is 190 g/mol. The summed E-state index contributed by atoms with van der Waals surface area (Å²) in [4.78, 5) is 0. The Morgan fingerprint density at radius 1 is 1.36 bits per heavy atom. The molecule has 0 fully saturated rings. The molecule has 0 aromatic rings. The Balaban J connectivity index is 2.64. The van der Waals surface area contributed by atoms with Crippen molar-refractivity contribution in [2.24, 2.45) is 5.92 Å². The molecule has 1 atom stereocenters. The molecule has 1 aliphatic carbocycles. The molecule has 2 heteroatoms. The fourth-order valence-corrected chi connectivity index (χ4v) is 1.74. The van der Waals surface area contributed by atoms with Crippen LogP contribution in [0.4, 0.5) is 0 Å². The maximum Gasteiger partial charge on any atom is 0.142 e. The van der Waals surface area contributed by atoms with Crippen LogP contribution in [0.5, 0.6) is 0 Å². The second kappa shape index (κ2) is 3.64. The molecule has 0 aromatic carbocycles. The van der Waals surface area contributed by atoms with Gasteiger partial charge in [0.1, 0.15) is 4.33 Å². The number of alkyl halides is 2. The van der Waals surface area contributed by atoms with Crippen molar-refractivity contribution in [2.75, 3.05) is 0 Å². The highest BCUT2D eigenvalue weighted by Gasteiger charge is 2.30. The molecule has 0 aliphatic heterocycles. The lowest BCUT2D eigenvalue weighted by molar-refractivity contribution is 0.559. The zero-order chi connectivity index (χ0) is 8.32. The van der Waals surface area contributed by atoms with E-state index in [1.54, 1.807) is 0 Å². The van der Waals surface area contributed by atoms with Gasteiger partial charge < -0.3 is 0 Å². The fraction of sp³-hybridized carbons (Fsp3) is 0.556. The summed E-state index contributed by atoms with van der Waals surface area (Å²) in [6.45, 7) is 2.13. The molecule has 0 aromatic heterocycles. The lowest BCUT2D eigenvalue weighted by Crippen LogP contribution is -2.22. The van der Waals surface area contributed by atoms with E-state index in [9.17, 15) is 0 Å². The van der Waals surface area contributed by atoms with Crippen LogP contribution in [0.1, 0.15) is 19.8 Å². The summed E-state index contributed by atoms with van der Waals surface area (Å²) in [6.07, 6.45) is 9.98. The fourth-order valence-electron chi connectivity index (χ4n) is 1.23. The van der Waals surface area contributed by atoms with E-state index < -0.39 is 4.33 Å². The molecule has 1 unspecified atom stereocenters. The minimum absolute atomic E-state index is 0.279. The molecule has 0 heterocycles. The molecular weight excluding hydrogens is 179 g/mol. The first-order valence-corrected chi connectivity index (χ1v) is 4.66. The standard InChI is InChI=1S/C9H12Cl2/c1-2-5-8-6-3-4-7-9(8,10)11/h3-4,6-8H,2,5H2,1H3. The third-order valence-electron chi connectivity index (χ3n) is 1.87. The highest BCUT2D eigenvalue weighted by Crippen LogP contribution is 2.37. The van der Waals surface area contributed by atoms with Gasteiger partial charge in [-0.25, -0.2) is 0 Å². The lowest BCUT2D eigenvalue weighted by atomic mass is 9.95. The maximum atomic E-state index is 6.04. The van der Waals surface area contributed by atoms with Crippen LogP contribution in [0.15, 0.2) is 24.3 Å². The molecule has 11 heavy (non-hydrogen) atoms. The van der Waals surface area contributed by atoms with Crippen LogP contribution in [0.2, 0.25) is 0 Å². The summed E-state index contributed by atoms with van der Waals surface area (Å²) in [5, 5.41) is 0. The molecule has 0 radical (unpaired) electrons. The van der Waals surface area contributed by atoms with Gasteiger partial charge in [0.05, 0.1) is 0 Å². The Morgan fingerprint density at radius 3 is 2.64 bits per heavy atom. The molecule has 0 saturated heterocycles. The normalized spacial score (nSPS) is 27.4. The van der Waals surface area contributed by atoms with Crippen molar-refractivity contribution in [2.45, 2.75) is 24.1 Å². The Bertz CT molecular complexity index is 180. The van der Waals surface area contributed by atoms with Gasteiger partial charge in [-0.05, 0) is 12.5 Å². The van der Waals surface area contributed by atoms with Gasteiger partial charge in [-0.2, -0.15) is 0 Å². The van der Waals surface area contributed by atoms with E-state index in [2.05, 4.69) is 13.0 Å². The minimum Gasteiger partial charge on any atom is -0.0963 e. The van der Waals surface area contributed by atoms with E-state index in [0.717, 1.165) is 12.8 Å². The first-order valence-electron chi connectivity index (χ1n) is 3.90. The molecule has 0 spiro atoms. The van der Waals surface area contributed by atoms with Gasteiger partial charge in [0.25, 0.3) is 0 Å². The second-order valence-electron chi connectivity index (χ2n) is 2.81. The van der Waals surface area contributed by atoms with Crippen LogP contribution in [-0.2, 0) is 0 Å². The van der Waals surface area contributed by atoms with Gasteiger partial charge >= 0.3 is 0 Å². The van der Waals surface area contributed by atoms with E-state index >= 15 is 0 Å². The van der Waals surface area contributed by atoms with Crippen molar-refractivity contribution in [1.29, 1.82) is 0 Å². The Kier molecular flexibility index (Phi) is 3.03. The highest BCUT2D eigenvalue weighted by atomic mass is 35.5. The third kappa shape index (κ3) is 2.25. The van der Waals surface area contributed by atoms with Gasteiger partial charge in [0.15, 0.2) is 0 Å². The van der Waals surface area contributed by atoms with Crippen molar-refractivity contribution >= 4 is 23.2 Å². The molecule has 1 rings (SSSR count). The van der Waals surface area contributed by atoms with Gasteiger partial charge in [0, 0.05) is 5.92 Å². The first kappa shape index (κ1) is 9.15. The summed E-state index contributed by atoms with van der Waals surface area (Å²) >= 11 is 12.1. The highest BCUT2D eigenvalue weighted by molar-refractivity contribution is 6.50. The Morgan fingerprint density at radius 2 is 2.09 bits per heavy atom. The summed E-state index contributed by atoms with van der Waals surface area (Å²) in [7, 11) is 0.